The summed E-state index contributed by atoms with van der Waals surface area (Å²) in [5.74, 6) is 0. The van der Waals surface area contributed by atoms with Crippen LogP contribution in [0.2, 0.25) is 0 Å². The number of hydrogen-bond donors (Lipinski definition) is 1. The zero-order valence-corrected chi connectivity index (χ0v) is 11.0. The Morgan fingerprint density at radius 3 is 2.88 bits per heavy atom. The van der Waals surface area contributed by atoms with Gasteiger partial charge >= 0.3 is 0 Å². The van der Waals surface area contributed by atoms with Crippen molar-refractivity contribution in [3.05, 3.63) is 22.4 Å². The molecule has 0 unspecified atom stereocenters. The van der Waals surface area contributed by atoms with Gasteiger partial charge in [0.15, 0.2) is 0 Å². The molecule has 1 aromatic rings. The molecule has 0 saturated carbocycles. The third-order valence-corrected chi connectivity index (χ3v) is 3.19. The summed E-state index contributed by atoms with van der Waals surface area (Å²) in [5.41, 5.74) is 1.44. The van der Waals surface area contributed by atoms with Gasteiger partial charge < -0.3 is 10.1 Å². The number of nitrogens with one attached hydrogen (secondary N) is 1. The second-order valence-electron chi connectivity index (χ2n) is 3.95. The van der Waals surface area contributed by atoms with E-state index in [0.717, 1.165) is 39.1 Å². The first-order chi connectivity index (χ1) is 7.93. The van der Waals surface area contributed by atoms with E-state index in [1.807, 2.05) is 0 Å². The molecule has 16 heavy (non-hydrogen) atoms. The average molecular weight is 241 g/mol. The summed E-state index contributed by atoms with van der Waals surface area (Å²) in [6.07, 6.45) is 4.66. The molecule has 0 spiro atoms. The van der Waals surface area contributed by atoms with Gasteiger partial charge in [-0.3, -0.25) is 0 Å². The van der Waals surface area contributed by atoms with Crippen LogP contribution in [0.1, 0.15) is 31.7 Å². The number of hydrogen-bond acceptors (Lipinski definition) is 3. The predicted octanol–water partition coefficient (Wildman–Crippen LogP) is 3.09. The maximum atomic E-state index is 5.49. The van der Waals surface area contributed by atoms with Gasteiger partial charge in [0.05, 0.1) is 0 Å². The van der Waals surface area contributed by atoms with Crippen LogP contribution in [0, 0.1) is 0 Å². The molecule has 0 aromatic carbocycles. The Hall–Kier alpha value is -0.380. The lowest BCUT2D eigenvalue weighted by Crippen LogP contribution is -2.19. The van der Waals surface area contributed by atoms with Crippen LogP contribution in [0.5, 0.6) is 0 Å². The topological polar surface area (TPSA) is 21.3 Å². The van der Waals surface area contributed by atoms with Crippen molar-refractivity contribution in [3.8, 4) is 0 Å². The van der Waals surface area contributed by atoms with Gasteiger partial charge in [-0.25, -0.2) is 0 Å². The molecule has 0 aliphatic rings. The third-order valence-electron chi connectivity index (χ3n) is 2.46. The Kier molecular flexibility index (Phi) is 8.40. The van der Waals surface area contributed by atoms with E-state index in [-0.39, 0.29) is 0 Å². The highest BCUT2D eigenvalue weighted by Gasteiger charge is 1.93. The first-order valence-electron chi connectivity index (χ1n) is 6.23. The maximum Gasteiger partial charge on any atom is 0.0478 e. The summed E-state index contributed by atoms with van der Waals surface area (Å²) >= 11 is 1.77. The quantitative estimate of drug-likeness (QED) is 0.636. The molecule has 0 atom stereocenters. The van der Waals surface area contributed by atoms with Gasteiger partial charge in [-0.15, -0.1) is 0 Å². The van der Waals surface area contributed by atoms with Crippen molar-refractivity contribution in [1.29, 1.82) is 0 Å². The van der Waals surface area contributed by atoms with Crippen LogP contribution in [-0.4, -0.2) is 26.3 Å². The fraction of sp³-hybridized carbons (Fsp3) is 0.692. The van der Waals surface area contributed by atoms with Gasteiger partial charge in [0.25, 0.3) is 0 Å². The van der Waals surface area contributed by atoms with E-state index < -0.39 is 0 Å². The molecule has 0 amide bonds. The molecule has 1 aromatic heterocycles. The fourth-order valence-electron chi connectivity index (χ4n) is 1.44. The van der Waals surface area contributed by atoms with Gasteiger partial charge in [0, 0.05) is 13.2 Å². The van der Waals surface area contributed by atoms with E-state index in [4.69, 9.17) is 4.74 Å². The third kappa shape index (κ3) is 6.99. The first-order valence-corrected chi connectivity index (χ1v) is 7.17. The standard InChI is InChI=1S/C13H23NOS/c1-2-3-9-15-10-4-7-14-8-5-13-6-11-16-12-13/h6,11-12,14H,2-5,7-10H2,1H3. The van der Waals surface area contributed by atoms with Crippen LogP contribution in [0.4, 0.5) is 0 Å². The molecule has 0 bridgehead atoms. The van der Waals surface area contributed by atoms with Crippen LogP contribution in [0.15, 0.2) is 16.8 Å². The minimum Gasteiger partial charge on any atom is -0.381 e. The molecule has 1 N–H and O–H groups in total. The molecular formula is C13H23NOS. The Bertz CT molecular complexity index is 236. The summed E-state index contributed by atoms with van der Waals surface area (Å²) < 4.78 is 5.49. The Labute approximate surface area is 103 Å². The van der Waals surface area contributed by atoms with E-state index >= 15 is 0 Å². The normalized spacial score (nSPS) is 10.8. The van der Waals surface area contributed by atoms with Gasteiger partial charge in [-0.05, 0) is 54.7 Å². The molecule has 0 saturated heterocycles. The summed E-state index contributed by atoms with van der Waals surface area (Å²) in [6, 6.07) is 2.19. The summed E-state index contributed by atoms with van der Waals surface area (Å²) in [5, 5.41) is 7.79. The van der Waals surface area contributed by atoms with Gasteiger partial charge in [-0.2, -0.15) is 11.3 Å². The second-order valence-corrected chi connectivity index (χ2v) is 4.73. The minimum absolute atomic E-state index is 0.894. The molecule has 2 nitrogen and oxygen atoms in total. The molecule has 0 radical (unpaired) electrons. The highest BCUT2D eigenvalue weighted by Crippen LogP contribution is 2.05. The van der Waals surface area contributed by atoms with Crippen molar-refractivity contribution in [3.63, 3.8) is 0 Å². The zero-order valence-electron chi connectivity index (χ0n) is 10.2. The van der Waals surface area contributed by atoms with Crippen molar-refractivity contribution < 1.29 is 4.74 Å². The van der Waals surface area contributed by atoms with Crippen molar-refractivity contribution in [2.24, 2.45) is 0 Å². The molecule has 1 heterocycles. The van der Waals surface area contributed by atoms with Crippen LogP contribution >= 0.6 is 11.3 Å². The van der Waals surface area contributed by atoms with Crippen LogP contribution in [0.25, 0.3) is 0 Å². The lowest BCUT2D eigenvalue weighted by molar-refractivity contribution is 0.129. The smallest absolute Gasteiger partial charge is 0.0478 e. The Morgan fingerprint density at radius 2 is 2.12 bits per heavy atom. The maximum absolute atomic E-state index is 5.49. The van der Waals surface area contributed by atoms with Gasteiger partial charge in [0.1, 0.15) is 0 Å². The summed E-state index contributed by atoms with van der Waals surface area (Å²) in [7, 11) is 0. The number of ether oxygens (including phenoxy) is 1. The molecular weight excluding hydrogens is 218 g/mol. The van der Waals surface area contributed by atoms with E-state index in [2.05, 4.69) is 29.1 Å². The van der Waals surface area contributed by atoms with Crippen molar-refractivity contribution in [1.82, 2.24) is 5.32 Å². The van der Waals surface area contributed by atoms with Crippen molar-refractivity contribution in [2.75, 3.05) is 26.3 Å². The number of rotatable bonds is 10. The van der Waals surface area contributed by atoms with Crippen LogP contribution in [-0.2, 0) is 11.2 Å². The van der Waals surface area contributed by atoms with Crippen molar-refractivity contribution in [2.45, 2.75) is 32.6 Å². The van der Waals surface area contributed by atoms with Gasteiger partial charge in [0.2, 0.25) is 0 Å². The monoisotopic (exact) mass is 241 g/mol. The van der Waals surface area contributed by atoms with E-state index in [1.165, 1.54) is 18.4 Å². The van der Waals surface area contributed by atoms with E-state index in [0.29, 0.717) is 0 Å². The predicted molar refractivity (Wildman–Crippen MR) is 71.2 cm³/mol. The highest BCUT2D eigenvalue weighted by molar-refractivity contribution is 7.07. The molecule has 0 aliphatic heterocycles. The number of unbranched alkanes of at least 4 members (excludes halogenated alkanes) is 1. The summed E-state index contributed by atoms with van der Waals surface area (Å²) in [6.45, 7) is 6.15. The molecule has 3 heteroatoms. The van der Waals surface area contributed by atoms with Crippen LogP contribution < -0.4 is 5.32 Å². The molecule has 92 valence electrons. The second kappa shape index (κ2) is 9.82. The highest BCUT2D eigenvalue weighted by atomic mass is 32.1. The lowest BCUT2D eigenvalue weighted by Gasteiger charge is -2.05. The molecule has 0 aliphatic carbocycles. The van der Waals surface area contributed by atoms with Crippen molar-refractivity contribution >= 4 is 11.3 Å². The van der Waals surface area contributed by atoms with Gasteiger partial charge in [-0.1, -0.05) is 13.3 Å². The Balaban J connectivity index is 1.78. The van der Waals surface area contributed by atoms with E-state index in [1.54, 1.807) is 11.3 Å². The zero-order chi connectivity index (χ0) is 11.5. The van der Waals surface area contributed by atoms with E-state index in [9.17, 15) is 0 Å². The minimum atomic E-state index is 0.894. The molecule has 1 rings (SSSR count). The number of thiophene rings is 1. The average Bonchev–Trinajstić information content (AvgIpc) is 2.80. The first kappa shape index (κ1) is 13.7. The molecule has 0 fully saturated rings. The lowest BCUT2D eigenvalue weighted by atomic mass is 10.2. The van der Waals surface area contributed by atoms with Crippen LogP contribution in [0.3, 0.4) is 0 Å². The Morgan fingerprint density at radius 1 is 1.25 bits per heavy atom. The largest absolute Gasteiger partial charge is 0.381 e. The fourth-order valence-corrected chi connectivity index (χ4v) is 2.14. The summed E-state index contributed by atoms with van der Waals surface area (Å²) in [4.78, 5) is 0. The SMILES string of the molecule is CCCCOCCCNCCc1ccsc1.